The zero-order valence-electron chi connectivity index (χ0n) is 11.6. The van der Waals surface area contributed by atoms with Gasteiger partial charge in [-0.3, -0.25) is 4.79 Å². The fourth-order valence-corrected chi connectivity index (χ4v) is 2.43. The standard InChI is InChI=1S/C14H17FN2O4/c1-21-12-5-4-10(7-11(12)15)17-14(20)16-9-3-2-8(6-9)13(18)19/h4-5,7-9H,2-3,6H2,1H3,(H,18,19)(H2,16,17,20). The Morgan fingerprint density at radius 2 is 2.14 bits per heavy atom. The van der Waals surface area contributed by atoms with Gasteiger partial charge in [-0.05, 0) is 31.4 Å². The highest BCUT2D eigenvalue weighted by Crippen LogP contribution is 2.26. The van der Waals surface area contributed by atoms with Gasteiger partial charge in [0.05, 0.1) is 13.0 Å². The molecule has 2 rings (SSSR count). The lowest BCUT2D eigenvalue weighted by Gasteiger charge is -2.13. The molecule has 0 heterocycles. The molecule has 1 aromatic rings. The van der Waals surface area contributed by atoms with E-state index in [0.29, 0.717) is 24.9 Å². The van der Waals surface area contributed by atoms with Crippen LogP contribution in [0.15, 0.2) is 18.2 Å². The second kappa shape index (κ2) is 6.43. The molecule has 0 aliphatic heterocycles. The third-order valence-electron chi connectivity index (χ3n) is 3.53. The van der Waals surface area contributed by atoms with Gasteiger partial charge in [0.1, 0.15) is 0 Å². The first-order valence-corrected chi connectivity index (χ1v) is 6.63. The Hall–Kier alpha value is -2.31. The number of benzene rings is 1. The minimum Gasteiger partial charge on any atom is -0.494 e. The van der Waals surface area contributed by atoms with E-state index in [1.54, 1.807) is 0 Å². The van der Waals surface area contributed by atoms with Gasteiger partial charge >= 0.3 is 12.0 Å². The van der Waals surface area contributed by atoms with Crippen LogP contribution in [0, 0.1) is 11.7 Å². The van der Waals surface area contributed by atoms with Crippen LogP contribution in [0.3, 0.4) is 0 Å². The maximum atomic E-state index is 13.5. The number of carboxylic acids is 1. The number of halogens is 1. The van der Waals surface area contributed by atoms with Crippen molar-refractivity contribution in [2.75, 3.05) is 12.4 Å². The number of hydrogen-bond donors (Lipinski definition) is 3. The van der Waals surface area contributed by atoms with E-state index in [4.69, 9.17) is 9.84 Å². The van der Waals surface area contributed by atoms with Crippen molar-refractivity contribution in [2.45, 2.75) is 25.3 Å². The maximum absolute atomic E-state index is 13.5. The summed E-state index contributed by atoms with van der Waals surface area (Å²) < 4.78 is 18.3. The number of methoxy groups -OCH3 is 1. The van der Waals surface area contributed by atoms with E-state index in [-0.39, 0.29) is 11.8 Å². The molecule has 2 unspecified atom stereocenters. The molecule has 21 heavy (non-hydrogen) atoms. The van der Waals surface area contributed by atoms with E-state index in [9.17, 15) is 14.0 Å². The maximum Gasteiger partial charge on any atom is 0.319 e. The van der Waals surface area contributed by atoms with E-state index in [2.05, 4.69) is 10.6 Å². The highest BCUT2D eigenvalue weighted by Gasteiger charge is 2.30. The predicted octanol–water partition coefficient (Wildman–Crippen LogP) is 2.21. The molecule has 3 N–H and O–H groups in total. The zero-order valence-corrected chi connectivity index (χ0v) is 11.6. The number of nitrogens with one attached hydrogen (secondary N) is 2. The van der Waals surface area contributed by atoms with Crippen molar-refractivity contribution in [3.63, 3.8) is 0 Å². The number of carbonyl (C=O) groups is 2. The van der Waals surface area contributed by atoms with Gasteiger partial charge in [-0.15, -0.1) is 0 Å². The zero-order chi connectivity index (χ0) is 15.4. The van der Waals surface area contributed by atoms with E-state index in [0.717, 1.165) is 6.07 Å². The van der Waals surface area contributed by atoms with E-state index < -0.39 is 23.7 Å². The van der Waals surface area contributed by atoms with Gasteiger partial charge in [0.2, 0.25) is 0 Å². The Bertz CT molecular complexity index is 550. The third kappa shape index (κ3) is 3.84. The molecule has 1 aliphatic carbocycles. The summed E-state index contributed by atoms with van der Waals surface area (Å²) in [4.78, 5) is 22.6. The summed E-state index contributed by atoms with van der Waals surface area (Å²) in [6, 6.07) is 3.45. The second-order valence-electron chi connectivity index (χ2n) is 4.99. The highest BCUT2D eigenvalue weighted by molar-refractivity contribution is 5.89. The van der Waals surface area contributed by atoms with E-state index in [1.807, 2.05) is 0 Å². The number of rotatable bonds is 4. The van der Waals surface area contributed by atoms with Crippen LogP contribution in [-0.2, 0) is 4.79 Å². The molecule has 1 fully saturated rings. The largest absolute Gasteiger partial charge is 0.494 e. The Morgan fingerprint density at radius 1 is 1.38 bits per heavy atom. The van der Waals surface area contributed by atoms with Crippen molar-refractivity contribution in [3.05, 3.63) is 24.0 Å². The molecule has 7 heteroatoms. The topological polar surface area (TPSA) is 87.7 Å². The van der Waals surface area contributed by atoms with E-state index in [1.165, 1.54) is 19.2 Å². The van der Waals surface area contributed by atoms with Gasteiger partial charge in [-0.2, -0.15) is 0 Å². The number of carbonyl (C=O) groups excluding carboxylic acids is 1. The fraction of sp³-hybridized carbons (Fsp3) is 0.429. The van der Waals surface area contributed by atoms with Crippen molar-refractivity contribution in [3.8, 4) is 5.75 Å². The summed E-state index contributed by atoms with van der Waals surface area (Å²) in [6.45, 7) is 0. The number of carboxylic acid groups (broad SMARTS) is 1. The normalized spacial score (nSPS) is 20.9. The average Bonchev–Trinajstić information content (AvgIpc) is 2.87. The van der Waals surface area contributed by atoms with Crippen LogP contribution in [-0.4, -0.2) is 30.3 Å². The number of hydrogen-bond acceptors (Lipinski definition) is 3. The van der Waals surface area contributed by atoms with Crippen LogP contribution >= 0.6 is 0 Å². The molecule has 2 amide bonds. The van der Waals surface area contributed by atoms with Gasteiger partial charge in [0.15, 0.2) is 11.6 Å². The summed E-state index contributed by atoms with van der Waals surface area (Å²) in [5.74, 6) is -1.71. The molecule has 1 aromatic carbocycles. The minimum absolute atomic E-state index is 0.0982. The SMILES string of the molecule is COc1ccc(NC(=O)NC2CCC(C(=O)O)C2)cc1F. The van der Waals surface area contributed by atoms with Gasteiger partial charge in [0, 0.05) is 17.8 Å². The first kappa shape index (κ1) is 15.1. The number of ether oxygens (including phenoxy) is 1. The average molecular weight is 296 g/mol. The van der Waals surface area contributed by atoms with Crippen molar-refractivity contribution in [1.29, 1.82) is 0 Å². The Balaban J connectivity index is 1.88. The number of urea groups is 1. The summed E-state index contributed by atoms with van der Waals surface area (Å²) in [6.07, 6.45) is 1.60. The first-order chi connectivity index (χ1) is 9.99. The van der Waals surface area contributed by atoms with Crippen LogP contribution in [0.2, 0.25) is 0 Å². The molecule has 0 radical (unpaired) electrons. The smallest absolute Gasteiger partial charge is 0.319 e. The fourth-order valence-electron chi connectivity index (χ4n) is 2.43. The highest BCUT2D eigenvalue weighted by atomic mass is 19.1. The molecule has 0 saturated heterocycles. The molecule has 1 aliphatic rings. The molecular weight excluding hydrogens is 279 g/mol. The van der Waals surface area contributed by atoms with Crippen LogP contribution in [0.1, 0.15) is 19.3 Å². The van der Waals surface area contributed by atoms with Gasteiger partial charge in [-0.25, -0.2) is 9.18 Å². The van der Waals surface area contributed by atoms with Gasteiger partial charge in [-0.1, -0.05) is 0 Å². The van der Waals surface area contributed by atoms with E-state index >= 15 is 0 Å². The lowest BCUT2D eigenvalue weighted by molar-refractivity contribution is -0.141. The Morgan fingerprint density at radius 3 is 2.71 bits per heavy atom. The lowest BCUT2D eigenvalue weighted by Crippen LogP contribution is -2.36. The summed E-state index contributed by atoms with van der Waals surface area (Å²) in [5, 5.41) is 14.1. The molecular formula is C14H17FN2O4. The van der Waals surface area contributed by atoms with Crippen LogP contribution < -0.4 is 15.4 Å². The molecule has 2 atom stereocenters. The van der Waals surface area contributed by atoms with Gasteiger partial charge < -0.3 is 20.5 Å². The molecule has 0 spiro atoms. The van der Waals surface area contributed by atoms with Crippen molar-refractivity contribution in [2.24, 2.45) is 5.92 Å². The number of amides is 2. The van der Waals surface area contributed by atoms with Crippen molar-refractivity contribution >= 4 is 17.7 Å². The van der Waals surface area contributed by atoms with Crippen LogP contribution in [0.5, 0.6) is 5.75 Å². The number of anilines is 1. The summed E-state index contributed by atoms with van der Waals surface area (Å²) in [7, 11) is 1.36. The predicted molar refractivity (Wildman–Crippen MR) is 73.9 cm³/mol. The Labute approximate surface area is 121 Å². The monoisotopic (exact) mass is 296 g/mol. The summed E-state index contributed by atoms with van der Waals surface area (Å²) >= 11 is 0. The third-order valence-corrected chi connectivity index (χ3v) is 3.53. The van der Waals surface area contributed by atoms with Crippen LogP contribution in [0.25, 0.3) is 0 Å². The Kier molecular flexibility index (Phi) is 4.62. The first-order valence-electron chi connectivity index (χ1n) is 6.63. The number of aliphatic carboxylic acids is 1. The summed E-state index contributed by atoms with van der Waals surface area (Å²) in [5.41, 5.74) is 0.304. The lowest BCUT2D eigenvalue weighted by atomic mass is 10.1. The molecule has 6 nitrogen and oxygen atoms in total. The van der Waals surface area contributed by atoms with Crippen molar-refractivity contribution in [1.82, 2.24) is 5.32 Å². The minimum atomic E-state index is -0.836. The van der Waals surface area contributed by atoms with Crippen molar-refractivity contribution < 1.29 is 23.8 Å². The molecule has 1 saturated carbocycles. The molecule has 0 bridgehead atoms. The van der Waals surface area contributed by atoms with Gasteiger partial charge in [0.25, 0.3) is 0 Å². The second-order valence-corrected chi connectivity index (χ2v) is 4.99. The quantitative estimate of drug-likeness (QED) is 0.795. The van der Waals surface area contributed by atoms with Crippen LogP contribution in [0.4, 0.5) is 14.9 Å². The molecule has 0 aromatic heterocycles. The molecule has 114 valence electrons.